The summed E-state index contributed by atoms with van der Waals surface area (Å²) in [6.07, 6.45) is 5.33. The summed E-state index contributed by atoms with van der Waals surface area (Å²) >= 11 is 0. The van der Waals surface area contributed by atoms with E-state index in [4.69, 9.17) is 9.16 Å². The van der Waals surface area contributed by atoms with E-state index in [9.17, 15) is 13.2 Å². The Morgan fingerprint density at radius 1 is 1.33 bits per heavy atom. The molecule has 27 heavy (non-hydrogen) atoms. The molecule has 0 radical (unpaired) electrons. The lowest BCUT2D eigenvalue weighted by Gasteiger charge is -2.42. The van der Waals surface area contributed by atoms with Gasteiger partial charge in [-0.15, -0.1) is 0 Å². The average Bonchev–Trinajstić information content (AvgIpc) is 3.21. The number of likely N-dealkylation sites (tertiary alicyclic amines) is 1. The van der Waals surface area contributed by atoms with Crippen molar-refractivity contribution in [2.75, 3.05) is 18.8 Å². The molecule has 3 aliphatic rings. The Hall–Kier alpha value is -1.12. The maximum Gasteiger partial charge on any atom is 0.333 e. The molecule has 1 saturated heterocycles. The molecule has 0 aromatic rings. The normalized spacial score (nSPS) is 31.7. The van der Waals surface area contributed by atoms with E-state index in [0.717, 1.165) is 37.2 Å². The van der Waals surface area contributed by atoms with E-state index in [1.165, 1.54) is 0 Å². The number of ether oxygens (including phenoxy) is 1. The maximum atomic E-state index is 12.6. The Morgan fingerprint density at radius 2 is 1.96 bits per heavy atom. The fraction of sp³-hybridized carbons (Fsp3) is 0.737. The molecule has 8 heteroatoms. The average molecular weight is 414 g/mol. The van der Waals surface area contributed by atoms with Crippen LogP contribution in [-0.2, 0) is 23.8 Å². The van der Waals surface area contributed by atoms with Crippen molar-refractivity contribution >= 4 is 24.1 Å². The van der Waals surface area contributed by atoms with Gasteiger partial charge in [0.25, 0.3) is 0 Å². The van der Waals surface area contributed by atoms with Crippen LogP contribution < -0.4 is 0 Å². The molecule has 0 saturated carbocycles. The molecule has 3 rings (SSSR count). The monoisotopic (exact) mass is 413 g/mol. The summed E-state index contributed by atoms with van der Waals surface area (Å²) < 4.78 is 37.4. The minimum absolute atomic E-state index is 0.0779. The van der Waals surface area contributed by atoms with Crippen molar-refractivity contribution in [3.05, 3.63) is 23.4 Å². The van der Waals surface area contributed by atoms with Gasteiger partial charge in [-0.3, -0.25) is 0 Å². The second-order valence-corrected chi connectivity index (χ2v) is 15.7. The number of sulfone groups is 1. The van der Waals surface area contributed by atoms with Gasteiger partial charge in [0, 0.05) is 19.2 Å². The molecular weight excluding hydrogens is 382 g/mol. The molecule has 3 atom stereocenters. The van der Waals surface area contributed by atoms with Crippen LogP contribution in [0, 0.1) is 0 Å². The molecule has 152 valence electrons. The fourth-order valence-electron chi connectivity index (χ4n) is 4.26. The third kappa shape index (κ3) is 4.17. The predicted octanol–water partition coefficient (Wildman–Crippen LogP) is 2.64. The first-order valence-corrected chi connectivity index (χ1v) is 14.8. The lowest BCUT2D eigenvalue weighted by atomic mass is 9.90. The van der Waals surface area contributed by atoms with Crippen molar-refractivity contribution < 1.29 is 22.4 Å². The van der Waals surface area contributed by atoms with E-state index in [2.05, 4.69) is 24.5 Å². The molecular formula is C19H31NO5SSi. The summed E-state index contributed by atoms with van der Waals surface area (Å²) in [5, 5.41) is -0.574. The van der Waals surface area contributed by atoms with Crippen LogP contribution >= 0.6 is 0 Å². The smallest absolute Gasteiger partial charge is 0.333 e. The molecule has 0 aromatic heterocycles. The number of hydrogen-bond donors (Lipinski definition) is 0. The standard InChI is InChI=1S/C19H31NO5SSi/c1-14-8-11-26(22,23)15(14)12-17(25-27(3,4)5)19(2)16(13-18(21)24-19)20-9-6-7-10-20/h8,13,15,17H,6-7,9-12H2,1-5H3/t15?,17-,19?/m1/s1. The van der Waals surface area contributed by atoms with E-state index in [-0.39, 0.29) is 11.7 Å². The van der Waals surface area contributed by atoms with Crippen LogP contribution in [0.4, 0.5) is 0 Å². The molecule has 0 bridgehead atoms. The van der Waals surface area contributed by atoms with Gasteiger partial charge in [-0.05, 0) is 52.8 Å². The van der Waals surface area contributed by atoms with Gasteiger partial charge in [-0.25, -0.2) is 13.2 Å². The summed E-state index contributed by atoms with van der Waals surface area (Å²) in [5.41, 5.74) is 0.740. The first kappa shape index (κ1) is 20.6. The summed E-state index contributed by atoms with van der Waals surface area (Å²) in [7, 11) is -5.24. The van der Waals surface area contributed by atoms with Crippen LogP contribution in [-0.4, -0.2) is 63.4 Å². The SMILES string of the molecule is CC1=CCS(=O)(=O)C1C[C@@H](O[Si](C)(C)C)C1(C)OC(=O)C=C1N1CCCC1. The van der Waals surface area contributed by atoms with Crippen molar-refractivity contribution in [2.45, 2.75) is 69.7 Å². The van der Waals surface area contributed by atoms with Gasteiger partial charge in [0.1, 0.15) is 0 Å². The number of carbonyl (C=O) groups excluding carboxylic acids is 1. The van der Waals surface area contributed by atoms with Crippen LogP contribution in [0.2, 0.25) is 19.6 Å². The van der Waals surface area contributed by atoms with E-state index in [1.807, 2.05) is 13.8 Å². The zero-order valence-electron chi connectivity index (χ0n) is 16.9. The number of cyclic esters (lactones) is 1. The second-order valence-electron chi connectivity index (χ2n) is 8.97. The topological polar surface area (TPSA) is 72.9 Å². The quantitative estimate of drug-likeness (QED) is 0.379. The third-order valence-corrected chi connectivity index (χ3v) is 8.69. The minimum Gasteiger partial charge on any atom is -0.447 e. The van der Waals surface area contributed by atoms with Gasteiger partial charge in [0.05, 0.1) is 22.8 Å². The molecule has 0 N–H and O–H groups in total. The van der Waals surface area contributed by atoms with Gasteiger partial charge in [-0.2, -0.15) is 0 Å². The molecule has 3 aliphatic heterocycles. The minimum atomic E-state index is -3.22. The Morgan fingerprint density at radius 3 is 2.48 bits per heavy atom. The van der Waals surface area contributed by atoms with Crippen molar-refractivity contribution in [1.29, 1.82) is 0 Å². The molecule has 6 nitrogen and oxygen atoms in total. The molecule has 0 spiro atoms. The third-order valence-electron chi connectivity index (χ3n) is 5.64. The molecule has 2 unspecified atom stereocenters. The Bertz CT molecular complexity index is 776. The highest BCUT2D eigenvalue weighted by Gasteiger charge is 2.52. The summed E-state index contributed by atoms with van der Waals surface area (Å²) in [4.78, 5) is 14.4. The number of nitrogens with zero attached hydrogens (tertiary/aromatic N) is 1. The first-order chi connectivity index (χ1) is 12.4. The predicted molar refractivity (Wildman–Crippen MR) is 108 cm³/mol. The van der Waals surface area contributed by atoms with Gasteiger partial charge < -0.3 is 14.1 Å². The zero-order valence-corrected chi connectivity index (χ0v) is 18.8. The van der Waals surface area contributed by atoms with Crippen molar-refractivity contribution in [1.82, 2.24) is 4.90 Å². The van der Waals surface area contributed by atoms with Gasteiger partial charge in [-0.1, -0.05) is 11.6 Å². The van der Waals surface area contributed by atoms with Crippen LogP contribution in [0.1, 0.15) is 33.1 Å². The summed E-state index contributed by atoms with van der Waals surface area (Å²) in [5.74, 6) is -0.292. The lowest BCUT2D eigenvalue weighted by molar-refractivity contribution is -0.154. The highest BCUT2D eigenvalue weighted by molar-refractivity contribution is 7.92. The highest BCUT2D eigenvalue weighted by Crippen LogP contribution is 2.41. The Balaban J connectivity index is 1.95. The van der Waals surface area contributed by atoms with Crippen LogP contribution in [0.15, 0.2) is 23.4 Å². The molecule has 0 amide bonds. The molecule has 0 aromatic carbocycles. The number of hydrogen-bond acceptors (Lipinski definition) is 6. The van der Waals surface area contributed by atoms with Crippen LogP contribution in [0.3, 0.4) is 0 Å². The summed E-state index contributed by atoms with van der Waals surface area (Å²) in [6, 6.07) is 0. The highest BCUT2D eigenvalue weighted by atomic mass is 32.2. The number of rotatable bonds is 6. The second kappa shape index (κ2) is 7.04. The Kier molecular flexibility index (Phi) is 5.37. The molecule has 3 heterocycles. The lowest BCUT2D eigenvalue weighted by Crippen LogP contribution is -2.52. The van der Waals surface area contributed by atoms with E-state index in [1.54, 1.807) is 12.2 Å². The van der Waals surface area contributed by atoms with Crippen molar-refractivity contribution in [3.63, 3.8) is 0 Å². The molecule has 0 aliphatic carbocycles. The van der Waals surface area contributed by atoms with E-state index >= 15 is 0 Å². The van der Waals surface area contributed by atoms with Gasteiger partial charge in [0.15, 0.2) is 23.8 Å². The maximum absolute atomic E-state index is 12.6. The van der Waals surface area contributed by atoms with Gasteiger partial charge in [0.2, 0.25) is 0 Å². The number of esters is 1. The number of carbonyl (C=O) groups is 1. The van der Waals surface area contributed by atoms with E-state index in [0.29, 0.717) is 6.42 Å². The fourth-order valence-corrected chi connectivity index (χ4v) is 7.29. The van der Waals surface area contributed by atoms with Crippen LogP contribution in [0.5, 0.6) is 0 Å². The van der Waals surface area contributed by atoms with Crippen molar-refractivity contribution in [2.24, 2.45) is 0 Å². The Labute approximate surface area is 163 Å². The van der Waals surface area contributed by atoms with Crippen molar-refractivity contribution in [3.8, 4) is 0 Å². The van der Waals surface area contributed by atoms with Crippen LogP contribution in [0.25, 0.3) is 0 Å². The van der Waals surface area contributed by atoms with E-state index < -0.39 is 35.1 Å². The molecule has 1 fully saturated rings. The first-order valence-electron chi connectivity index (χ1n) is 9.68. The largest absolute Gasteiger partial charge is 0.447 e. The summed E-state index contributed by atoms with van der Waals surface area (Å²) in [6.45, 7) is 11.7. The van der Waals surface area contributed by atoms with Gasteiger partial charge >= 0.3 is 5.97 Å². The zero-order chi connectivity index (χ0) is 20.0.